The van der Waals surface area contributed by atoms with Crippen molar-refractivity contribution in [3.05, 3.63) is 0 Å². The lowest BCUT2D eigenvalue weighted by molar-refractivity contribution is 0.649. The summed E-state index contributed by atoms with van der Waals surface area (Å²) in [7, 11) is 5.67. The van der Waals surface area contributed by atoms with Crippen molar-refractivity contribution in [1.29, 1.82) is 0 Å². The Morgan fingerprint density at radius 1 is 1.11 bits per heavy atom. The standard InChI is InChI=1S/C12H24N6/c1-7-8-18(9(2)3)12-15-10(13-4)14-11(16-12)17(5)6/h9H,7-8H2,1-6H3,(H,13,14,15,16). The maximum atomic E-state index is 4.51. The summed E-state index contributed by atoms with van der Waals surface area (Å²) < 4.78 is 0. The summed E-state index contributed by atoms with van der Waals surface area (Å²) >= 11 is 0. The Morgan fingerprint density at radius 3 is 2.17 bits per heavy atom. The van der Waals surface area contributed by atoms with Gasteiger partial charge in [-0.3, -0.25) is 0 Å². The van der Waals surface area contributed by atoms with Crippen molar-refractivity contribution in [3.63, 3.8) is 0 Å². The third-order valence-corrected chi connectivity index (χ3v) is 2.58. The van der Waals surface area contributed by atoms with Gasteiger partial charge < -0.3 is 15.1 Å². The Kier molecular flexibility index (Phi) is 5.12. The number of nitrogens with one attached hydrogen (secondary N) is 1. The van der Waals surface area contributed by atoms with Crippen LogP contribution in [0.1, 0.15) is 27.2 Å². The molecule has 0 bridgehead atoms. The van der Waals surface area contributed by atoms with E-state index in [1.165, 1.54) is 0 Å². The molecule has 1 rings (SSSR count). The molecule has 1 N–H and O–H groups in total. The zero-order chi connectivity index (χ0) is 13.7. The minimum atomic E-state index is 0.368. The van der Waals surface area contributed by atoms with Crippen molar-refractivity contribution in [3.8, 4) is 0 Å². The van der Waals surface area contributed by atoms with Crippen LogP contribution in [-0.4, -0.2) is 48.7 Å². The van der Waals surface area contributed by atoms with E-state index < -0.39 is 0 Å². The molecule has 1 heterocycles. The lowest BCUT2D eigenvalue weighted by Gasteiger charge is -2.27. The van der Waals surface area contributed by atoms with Crippen molar-refractivity contribution in [2.45, 2.75) is 33.2 Å². The number of hydrogen-bond acceptors (Lipinski definition) is 6. The van der Waals surface area contributed by atoms with Crippen LogP contribution >= 0.6 is 0 Å². The van der Waals surface area contributed by atoms with Gasteiger partial charge in [0.05, 0.1) is 0 Å². The Labute approximate surface area is 109 Å². The molecule has 0 atom stereocenters. The molecule has 0 aliphatic heterocycles. The van der Waals surface area contributed by atoms with Crippen molar-refractivity contribution < 1.29 is 0 Å². The lowest BCUT2D eigenvalue weighted by atomic mass is 10.3. The summed E-state index contributed by atoms with van der Waals surface area (Å²) in [5, 5.41) is 2.98. The summed E-state index contributed by atoms with van der Waals surface area (Å²) in [6, 6.07) is 0.368. The SMILES string of the molecule is CCCN(c1nc(NC)nc(N(C)C)n1)C(C)C. The quantitative estimate of drug-likeness (QED) is 0.830. The van der Waals surface area contributed by atoms with E-state index in [1.807, 2.05) is 26.0 Å². The van der Waals surface area contributed by atoms with Gasteiger partial charge in [0.1, 0.15) is 0 Å². The van der Waals surface area contributed by atoms with E-state index in [9.17, 15) is 0 Å². The topological polar surface area (TPSA) is 57.2 Å². The van der Waals surface area contributed by atoms with Crippen molar-refractivity contribution in [2.24, 2.45) is 0 Å². The highest BCUT2D eigenvalue weighted by atomic mass is 15.4. The highest BCUT2D eigenvalue weighted by molar-refractivity contribution is 5.44. The zero-order valence-electron chi connectivity index (χ0n) is 12.2. The summed E-state index contributed by atoms with van der Waals surface area (Å²) in [4.78, 5) is 17.3. The first kappa shape index (κ1) is 14.5. The summed E-state index contributed by atoms with van der Waals surface area (Å²) in [6.45, 7) is 7.39. The van der Waals surface area contributed by atoms with Gasteiger partial charge in [-0.25, -0.2) is 0 Å². The number of hydrogen-bond donors (Lipinski definition) is 1. The molecule has 0 radical (unpaired) electrons. The van der Waals surface area contributed by atoms with Crippen LogP contribution in [0.15, 0.2) is 0 Å². The molecule has 0 saturated heterocycles. The highest BCUT2D eigenvalue weighted by Gasteiger charge is 2.16. The second kappa shape index (κ2) is 6.37. The molecule has 0 aliphatic rings. The first-order valence-corrected chi connectivity index (χ1v) is 6.37. The average Bonchev–Trinajstić information content (AvgIpc) is 2.34. The lowest BCUT2D eigenvalue weighted by Crippen LogP contribution is -2.33. The summed E-state index contributed by atoms with van der Waals surface area (Å²) in [6.07, 6.45) is 1.07. The molecule has 102 valence electrons. The van der Waals surface area contributed by atoms with Crippen LogP contribution in [-0.2, 0) is 0 Å². The maximum absolute atomic E-state index is 4.51. The molecule has 6 heteroatoms. The van der Waals surface area contributed by atoms with E-state index in [2.05, 4.69) is 45.9 Å². The van der Waals surface area contributed by atoms with E-state index in [1.54, 1.807) is 0 Å². The van der Waals surface area contributed by atoms with Gasteiger partial charge in [0.2, 0.25) is 17.8 Å². The number of anilines is 3. The fourth-order valence-electron chi connectivity index (χ4n) is 1.62. The molecule has 1 aromatic heterocycles. The Balaban J connectivity index is 3.15. The van der Waals surface area contributed by atoms with Gasteiger partial charge in [0, 0.05) is 33.7 Å². The molecule has 0 unspecified atom stereocenters. The molecule has 6 nitrogen and oxygen atoms in total. The zero-order valence-corrected chi connectivity index (χ0v) is 12.2. The predicted molar refractivity (Wildman–Crippen MR) is 76.5 cm³/mol. The van der Waals surface area contributed by atoms with Crippen LogP contribution in [0, 0.1) is 0 Å². The molecule has 0 aliphatic carbocycles. The molecule has 0 amide bonds. The Morgan fingerprint density at radius 2 is 1.72 bits per heavy atom. The number of nitrogens with zero attached hydrogens (tertiary/aromatic N) is 5. The van der Waals surface area contributed by atoms with E-state index in [4.69, 9.17) is 0 Å². The molecule has 0 saturated carbocycles. The maximum Gasteiger partial charge on any atom is 0.232 e. The number of rotatable bonds is 6. The first-order chi connectivity index (χ1) is 8.49. The third-order valence-electron chi connectivity index (χ3n) is 2.58. The van der Waals surface area contributed by atoms with Gasteiger partial charge in [0.15, 0.2) is 0 Å². The molecular weight excluding hydrogens is 228 g/mol. The van der Waals surface area contributed by atoms with Gasteiger partial charge in [-0.2, -0.15) is 15.0 Å². The van der Waals surface area contributed by atoms with Crippen LogP contribution in [0.2, 0.25) is 0 Å². The van der Waals surface area contributed by atoms with Gasteiger partial charge in [-0.15, -0.1) is 0 Å². The van der Waals surface area contributed by atoms with E-state index in [0.29, 0.717) is 17.9 Å². The monoisotopic (exact) mass is 252 g/mol. The van der Waals surface area contributed by atoms with Crippen molar-refractivity contribution in [2.75, 3.05) is 42.8 Å². The van der Waals surface area contributed by atoms with Crippen LogP contribution in [0.25, 0.3) is 0 Å². The molecule has 0 fully saturated rings. The van der Waals surface area contributed by atoms with Gasteiger partial charge in [-0.1, -0.05) is 6.92 Å². The Hall–Kier alpha value is -1.59. The minimum Gasteiger partial charge on any atom is -0.357 e. The van der Waals surface area contributed by atoms with Crippen LogP contribution in [0.4, 0.5) is 17.8 Å². The third kappa shape index (κ3) is 3.45. The first-order valence-electron chi connectivity index (χ1n) is 6.37. The number of aromatic nitrogens is 3. The highest BCUT2D eigenvalue weighted by Crippen LogP contribution is 2.17. The average molecular weight is 252 g/mol. The van der Waals surface area contributed by atoms with Crippen LogP contribution in [0.3, 0.4) is 0 Å². The summed E-state index contributed by atoms with van der Waals surface area (Å²) in [5.41, 5.74) is 0. The largest absolute Gasteiger partial charge is 0.357 e. The predicted octanol–water partition coefficient (Wildman–Crippen LogP) is 1.60. The smallest absolute Gasteiger partial charge is 0.232 e. The van der Waals surface area contributed by atoms with E-state index >= 15 is 0 Å². The molecular formula is C12H24N6. The van der Waals surface area contributed by atoms with Gasteiger partial charge in [0.25, 0.3) is 0 Å². The van der Waals surface area contributed by atoms with Gasteiger partial charge >= 0.3 is 0 Å². The second-order valence-electron chi connectivity index (χ2n) is 4.69. The Bertz CT molecular complexity index is 377. The minimum absolute atomic E-state index is 0.368. The summed E-state index contributed by atoms with van der Waals surface area (Å²) in [5.74, 6) is 2.01. The molecule has 18 heavy (non-hydrogen) atoms. The van der Waals surface area contributed by atoms with Crippen molar-refractivity contribution >= 4 is 17.8 Å². The second-order valence-corrected chi connectivity index (χ2v) is 4.69. The van der Waals surface area contributed by atoms with E-state index in [0.717, 1.165) is 18.9 Å². The fourth-order valence-corrected chi connectivity index (χ4v) is 1.62. The van der Waals surface area contributed by atoms with E-state index in [-0.39, 0.29) is 0 Å². The van der Waals surface area contributed by atoms with Crippen molar-refractivity contribution in [1.82, 2.24) is 15.0 Å². The molecule has 0 aromatic carbocycles. The van der Waals surface area contributed by atoms with Gasteiger partial charge in [-0.05, 0) is 20.3 Å². The normalized spacial score (nSPS) is 10.6. The molecule has 0 spiro atoms. The molecule has 1 aromatic rings. The van der Waals surface area contributed by atoms with Crippen LogP contribution < -0.4 is 15.1 Å². The van der Waals surface area contributed by atoms with Crippen LogP contribution in [0.5, 0.6) is 0 Å². The fraction of sp³-hybridized carbons (Fsp3) is 0.750.